The third-order valence-electron chi connectivity index (χ3n) is 3.96. The molecule has 0 saturated carbocycles. The normalized spacial score (nSPS) is 17.1. The van der Waals surface area contributed by atoms with E-state index in [1.54, 1.807) is 13.2 Å². The van der Waals surface area contributed by atoms with E-state index in [-0.39, 0.29) is 11.8 Å². The number of carbonyl (C=O) groups excluding carboxylic acids is 1. The molecule has 1 aromatic heterocycles. The standard InChI is InChI=1S/C17H20N4O2/c1-12-10-15(23-2)19-17(18-12)20-16(22)13-8-9-21(11-13)14-6-4-3-5-7-14/h3-7,10,13H,8-9,11H2,1-2H3,(H,18,19,20,22). The van der Waals surface area contributed by atoms with Crippen molar-refractivity contribution in [2.45, 2.75) is 13.3 Å². The fourth-order valence-electron chi connectivity index (χ4n) is 2.76. The van der Waals surface area contributed by atoms with Crippen LogP contribution in [0.1, 0.15) is 12.1 Å². The van der Waals surface area contributed by atoms with Gasteiger partial charge in [0.2, 0.25) is 17.7 Å². The lowest BCUT2D eigenvalue weighted by Gasteiger charge is -2.18. The molecule has 1 aliphatic rings. The number of aryl methyl sites for hydroxylation is 1. The van der Waals surface area contributed by atoms with Gasteiger partial charge in [-0.1, -0.05) is 18.2 Å². The fourth-order valence-corrected chi connectivity index (χ4v) is 2.76. The molecule has 23 heavy (non-hydrogen) atoms. The molecule has 1 N–H and O–H groups in total. The van der Waals surface area contributed by atoms with E-state index in [0.717, 1.165) is 24.3 Å². The van der Waals surface area contributed by atoms with Crippen molar-refractivity contribution < 1.29 is 9.53 Å². The summed E-state index contributed by atoms with van der Waals surface area (Å²) in [6.07, 6.45) is 0.823. The molecule has 1 atom stereocenters. The Labute approximate surface area is 135 Å². The average molecular weight is 312 g/mol. The van der Waals surface area contributed by atoms with E-state index in [2.05, 4.69) is 32.3 Å². The minimum atomic E-state index is -0.0645. The van der Waals surface area contributed by atoms with Crippen LogP contribution in [0.5, 0.6) is 5.88 Å². The Morgan fingerprint density at radius 2 is 2.09 bits per heavy atom. The van der Waals surface area contributed by atoms with Crippen LogP contribution in [0.2, 0.25) is 0 Å². The van der Waals surface area contributed by atoms with Crippen molar-refractivity contribution in [2.75, 3.05) is 30.4 Å². The number of amides is 1. The maximum Gasteiger partial charge on any atom is 0.232 e. The molecule has 1 fully saturated rings. The van der Waals surface area contributed by atoms with Crippen LogP contribution < -0.4 is 15.0 Å². The van der Waals surface area contributed by atoms with E-state index in [0.29, 0.717) is 18.4 Å². The molecule has 0 radical (unpaired) electrons. The minimum absolute atomic E-state index is 0.0453. The van der Waals surface area contributed by atoms with Gasteiger partial charge in [-0.05, 0) is 25.5 Å². The molecule has 1 unspecified atom stereocenters. The predicted molar refractivity (Wildman–Crippen MR) is 88.7 cm³/mol. The molecule has 1 saturated heterocycles. The van der Waals surface area contributed by atoms with Crippen LogP contribution in [0.15, 0.2) is 36.4 Å². The van der Waals surface area contributed by atoms with Crippen molar-refractivity contribution in [3.63, 3.8) is 0 Å². The summed E-state index contributed by atoms with van der Waals surface area (Å²) >= 11 is 0. The fraction of sp³-hybridized carbons (Fsp3) is 0.353. The second kappa shape index (κ2) is 6.64. The Morgan fingerprint density at radius 3 is 2.83 bits per heavy atom. The van der Waals surface area contributed by atoms with E-state index in [9.17, 15) is 4.79 Å². The number of nitrogens with one attached hydrogen (secondary N) is 1. The van der Waals surface area contributed by atoms with Gasteiger partial charge in [-0.15, -0.1) is 0 Å². The van der Waals surface area contributed by atoms with Gasteiger partial charge in [-0.3, -0.25) is 10.1 Å². The molecular weight excluding hydrogens is 292 g/mol. The maximum absolute atomic E-state index is 12.4. The van der Waals surface area contributed by atoms with Crippen molar-refractivity contribution in [1.82, 2.24) is 9.97 Å². The summed E-state index contributed by atoms with van der Waals surface area (Å²) in [4.78, 5) is 23.1. The van der Waals surface area contributed by atoms with Crippen molar-refractivity contribution in [3.8, 4) is 5.88 Å². The zero-order valence-electron chi connectivity index (χ0n) is 13.3. The van der Waals surface area contributed by atoms with Gasteiger partial charge in [0.05, 0.1) is 13.0 Å². The molecule has 6 nitrogen and oxygen atoms in total. The summed E-state index contributed by atoms with van der Waals surface area (Å²) in [5.41, 5.74) is 1.90. The summed E-state index contributed by atoms with van der Waals surface area (Å²) in [5.74, 6) is 0.636. The largest absolute Gasteiger partial charge is 0.481 e. The average Bonchev–Trinajstić information content (AvgIpc) is 3.05. The zero-order chi connectivity index (χ0) is 16.2. The molecule has 0 spiro atoms. The van der Waals surface area contributed by atoms with Gasteiger partial charge in [0.1, 0.15) is 0 Å². The van der Waals surface area contributed by atoms with Crippen molar-refractivity contribution in [3.05, 3.63) is 42.1 Å². The number of para-hydroxylation sites is 1. The van der Waals surface area contributed by atoms with Gasteiger partial charge >= 0.3 is 0 Å². The Kier molecular flexibility index (Phi) is 4.41. The molecule has 2 aromatic rings. The van der Waals surface area contributed by atoms with Crippen LogP contribution >= 0.6 is 0 Å². The number of hydrogen-bond acceptors (Lipinski definition) is 5. The Balaban J connectivity index is 1.64. The highest BCUT2D eigenvalue weighted by Crippen LogP contribution is 2.24. The summed E-state index contributed by atoms with van der Waals surface area (Å²) < 4.78 is 5.11. The molecule has 3 rings (SSSR count). The lowest BCUT2D eigenvalue weighted by molar-refractivity contribution is -0.119. The van der Waals surface area contributed by atoms with E-state index in [1.807, 2.05) is 25.1 Å². The van der Waals surface area contributed by atoms with Crippen LogP contribution in [-0.2, 0) is 4.79 Å². The van der Waals surface area contributed by atoms with E-state index < -0.39 is 0 Å². The monoisotopic (exact) mass is 312 g/mol. The van der Waals surface area contributed by atoms with Crippen LogP contribution in [0.4, 0.5) is 11.6 Å². The highest BCUT2D eigenvalue weighted by molar-refractivity contribution is 5.91. The zero-order valence-corrected chi connectivity index (χ0v) is 13.3. The SMILES string of the molecule is COc1cc(C)nc(NC(=O)C2CCN(c3ccccc3)C2)n1. The highest BCUT2D eigenvalue weighted by atomic mass is 16.5. The highest BCUT2D eigenvalue weighted by Gasteiger charge is 2.29. The summed E-state index contributed by atoms with van der Waals surface area (Å²) in [6.45, 7) is 3.42. The molecule has 0 bridgehead atoms. The Hall–Kier alpha value is -2.63. The van der Waals surface area contributed by atoms with Crippen LogP contribution in [-0.4, -0.2) is 36.1 Å². The first-order valence-electron chi connectivity index (χ1n) is 7.66. The number of anilines is 2. The van der Waals surface area contributed by atoms with Crippen molar-refractivity contribution in [1.29, 1.82) is 0 Å². The first-order chi connectivity index (χ1) is 11.2. The summed E-state index contributed by atoms with van der Waals surface area (Å²) in [7, 11) is 1.54. The number of benzene rings is 1. The Morgan fingerprint density at radius 1 is 1.30 bits per heavy atom. The van der Waals surface area contributed by atoms with E-state index in [4.69, 9.17) is 4.74 Å². The van der Waals surface area contributed by atoms with E-state index >= 15 is 0 Å². The van der Waals surface area contributed by atoms with Gasteiger partial charge in [0.25, 0.3) is 0 Å². The first-order valence-corrected chi connectivity index (χ1v) is 7.66. The number of carbonyl (C=O) groups is 1. The number of hydrogen-bond donors (Lipinski definition) is 1. The smallest absolute Gasteiger partial charge is 0.232 e. The molecular formula is C17H20N4O2. The molecule has 6 heteroatoms. The van der Waals surface area contributed by atoms with E-state index in [1.165, 1.54) is 0 Å². The van der Waals surface area contributed by atoms with Gasteiger partial charge in [-0.25, -0.2) is 4.98 Å². The number of ether oxygens (including phenoxy) is 1. The van der Waals surface area contributed by atoms with Gasteiger partial charge in [-0.2, -0.15) is 4.98 Å². The number of methoxy groups -OCH3 is 1. The molecule has 0 aliphatic carbocycles. The molecule has 1 aliphatic heterocycles. The van der Waals surface area contributed by atoms with Gasteiger partial charge in [0.15, 0.2) is 0 Å². The van der Waals surface area contributed by atoms with Gasteiger partial charge < -0.3 is 9.64 Å². The van der Waals surface area contributed by atoms with Crippen molar-refractivity contribution in [2.24, 2.45) is 5.92 Å². The lowest BCUT2D eigenvalue weighted by Crippen LogP contribution is -2.27. The number of rotatable bonds is 4. The first kappa shape index (κ1) is 15.3. The quantitative estimate of drug-likeness (QED) is 0.938. The predicted octanol–water partition coefficient (Wildman–Crippen LogP) is 2.26. The maximum atomic E-state index is 12.4. The molecule has 2 heterocycles. The van der Waals surface area contributed by atoms with Crippen LogP contribution in [0, 0.1) is 12.8 Å². The molecule has 1 amide bonds. The second-order valence-corrected chi connectivity index (χ2v) is 5.63. The molecule has 120 valence electrons. The van der Waals surface area contributed by atoms with Crippen LogP contribution in [0.25, 0.3) is 0 Å². The topological polar surface area (TPSA) is 67.3 Å². The summed E-state index contributed by atoms with van der Waals surface area (Å²) in [5, 5.41) is 2.80. The van der Waals surface area contributed by atoms with Crippen LogP contribution in [0.3, 0.4) is 0 Å². The summed E-state index contributed by atoms with van der Waals surface area (Å²) in [6, 6.07) is 11.9. The van der Waals surface area contributed by atoms with Gasteiger partial charge in [0, 0.05) is 30.5 Å². The molecule has 1 aromatic carbocycles. The second-order valence-electron chi connectivity index (χ2n) is 5.63. The number of aromatic nitrogens is 2. The third kappa shape index (κ3) is 3.59. The Bertz CT molecular complexity index is 690. The van der Waals surface area contributed by atoms with Crippen molar-refractivity contribution >= 4 is 17.5 Å². The lowest BCUT2D eigenvalue weighted by atomic mass is 10.1. The number of nitrogens with zero attached hydrogens (tertiary/aromatic N) is 3. The minimum Gasteiger partial charge on any atom is -0.481 e. The third-order valence-corrected chi connectivity index (χ3v) is 3.96.